The number of likely N-dealkylation sites (N-methyl/N-ethyl adjacent to an activating group) is 1. The molecule has 1 aliphatic rings. The Hall–Kier alpha value is -2.93. The van der Waals surface area contributed by atoms with Crippen molar-refractivity contribution in [3.05, 3.63) is 59.8 Å². The molecular weight excluding hydrogens is 366 g/mol. The minimum absolute atomic E-state index is 0.619. The van der Waals surface area contributed by atoms with Crippen LogP contribution in [0.2, 0.25) is 0 Å². The van der Waals surface area contributed by atoms with Gasteiger partial charge < -0.3 is 19.3 Å². The van der Waals surface area contributed by atoms with Crippen molar-refractivity contribution >= 4 is 17.5 Å². The van der Waals surface area contributed by atoms with Gasteiger partial charge in [0.15, 0.2) is 0 Å². The topological polar surface area (TPSA) is 63.6 Å². The highest BCUT2D eigenvalue weighted by atomic mass is 16.5. The molecular formula is C22H29N5O2. The fourth-order valence-corrected chi connectivity index (χ4v) is 3.33. The fourth-order valence-electron chi connectivity index (χ4n) is 3.33. The minimum Gasteiger partial charge on any atom is -0.497 e. The summed E-state index contributed by atoms with van der Waals surface area (Å²) >= 11 is 0. The number of allylic oxidation sites excluding steroid dienone is 3. The van der Waals surface area contributed by atoms with Gasteiger partial charge in [-0.15, -0.1) is 0 Å². The van der Waals surface area contributed by atoms with E-state index in [9.17, 15) is 0 Å². The summed E-state index contributed by atoms with van der Waals surface area (Å²) in [5, 5.41) is 0. The smallest absolute Gasteiger partial charge is 0.227 e. The Balaban J connectivity index is 2.00. The van der Waals surface area contributed by atoms with Crippen LogP contribution in [0.3, 0.4) is 0 Å². The van der Waals surface area contributed by atoms with Crippen LogP contribution in [-0.4, -0.2) is 55.9 Å². The molecule has 1 aliphatic heterocycles. The number of rotatable bonds is 9. The van der Waals surface area contributed by atoms with E-state index in [0.717, 1.165) is 42.5 Å². The van der Waals surface area contributed by atoms with Gasteiger partial charge in [0.05, 0.1) is 31.3 Å². The van der Waals surface area contributed by atoms with Crippen molar-refractivity contribution in [1.29, 1.82) is 0 Å². The lowest BCUT2D eigenvalue weighted by atomic mass is 10.1. The molecule has 0 saturated carbocycles. The average Bonchev–Trinajstić information content (AvgIpc) is 3.19. The summed E-state index contributed by atoms with van der Waals surface area (Å²) in [7, 11) is 5.37. The summed E-state index contributed by atoms with van der Waals surface area (Å²) in [6, 6.07) is 4.01. The highest BCUT2D eigenvalue weighted by Gasteiger charge is 2.27. The third-order valence-electron chi connectivity index (χ3n) is 4.89. The molecule has 3 rings (SSSR count). The van der Waals surface area contributed by atoms with E-state index in [0.29, 0.717) is 19.0 Å². The Morgan fingerprint density at radius 3 is 2.86 bits per heavy atom. The Morgan fingerprint density at radius 2 is 2.17 bits per heavy atom. The predicted octanol–water partition coefficient (Wildman–Crippen LogP) is 3.30. The van der Waals surface area contributed by atoms with Gasteiger partial charge in [-0.05, 0) is 37.6 Å². The van der Waals surface area contributed by atoms with Crippen molar-refractivity contribution in [2.24, 2.45) is 0 Å². The molecule has 3 heterocycles. The van der Waals surface area contributed by atoms with E-state index in [-0.39, 0.29) is 0 Å². The zero-order valence-electron chi connectivity index (χ0n) is 17.6. The van der Waals surface area contributed by atoms with Crippen LogP contribution in [-0.2, 0) is 22.3 Å². The van der Waals surface area contributed by atoms with Gasteiger partial charge in [0.2, 0.25) is 5.95 Å². The lowest BCUT2D eigenvalue weighted by Crippen LogP contribution is -2.25. The summed E-state index contributed by atoms with van der Waals surface area (Å²) in [4.78, 5) is 18.3. The van der Waals surface area contributed by atoms with Gasteiger partial charge in [-0.25, -0.2) is 4.98 Å². The van der Waals surface area contributed by atoms with Crippen molar-refractivity contribution in [1.82, 2.24) is 15.0 Å². The molecule has 29 heavy (non-hydrogen) atoms. The molecule has 0 saturated heterocycles. The van der Waals surface area contributed by atoms with Gasteiger partial charge in [0, 0.05) is 45.4 Å². The van der Waals surface area contributed by atoms with E-state index < -0.39 is 0 Å². The Kier molecular flexibility index (Phi) is 7.19. The third-order valence-corrected chi connectivity index (χ3v) is 4.89. The molecule has 7 nitrogen and oxygen atoms in total. The first-order valence-corrected chi connectivity index (χ1v) is 9.82. The summed E-state index contributed by atoms with van der Waals surface area (Å²) < 4.78 is 10.7. The standard InChI is InChI=1S/C22H29N5O2/c1-5-7-18(29-4)9-10-20-19-11-13-27(17-8-6-12-23-16-17)21(19)25-22(24-20)26(2)14-15-28-3/h5-9,12,16H,10-11,13-15H2,1-4H3. The summed E-state index contributed by atoms with van der Waals surface area (Å²) in [5.41, 5.74) is 3.26. The highest BCUT2D eigenvalue weighted by Crippen LogP contribution is 2.35. The van der Waals surface area contributed by atoms with Crippen molar-refractivity contribution < 1.29 is 9.47 Å². The number of fused-ring (bicyclic) bond motifs is 1. The lowest BCUT2D eigenvalue weighted by molar-refractivity contribution is 0.206. The largest absolute Gasteiger partial charge is 0.497 e. The fraction of sp³-hybridized carbons (Fsp3) is 0.409. The minimum atomic E-state index is 0.619. The monoisotopic (exact) mass is 395 g/mol. The quantitative estimate of drug-likeness (QED) is 0.477. The van der Waals surface area contributed by atoms with Crippen molar-refractivity contribution in [3.63, 3.8) is 0 Å². The second-order valence-corrected chi connectivity index (χ2v) is 6.81. The lowest BCUT2D eigenvalue weighted by Gasteiger charge is -2.22. The zero-order valence-corrected chi connectivity index (χ0v) is 17.6. The van der Waals surface area contributed by atoms with Gasteiger partial charge in [-0.3, -0.25) is 4.98 Å². The van der Waals surface area contributed by atoms with Crippen LogP contribution in [0.25, 0.3) is 0 Å². The van der Waals surface area contributed by atoms with E-state index in [1.54, 1.807) is 20.4 Å². The second-order valence-electron chi connectivity index (χ2n) is 6.81. The third kappa shape index (κ3) is 4.92. The maximum absolute atomic E-state index is 5.44. The number of anilines is 3. The molecule has 0 aliphatic carbocycles. The molecule has 0 unspecified atom stereocenters. The van der Waals surface area contributed by atoms with Gasteiger partial charge in [0.25, 0.3) is 0 Å². The van der Waals surface area contributed by atoms with E-state index in [1.165, 1.54) is 5.56 Å². The summed E-state index contributed by atoms with van der Waals surface area (Å²) in [6.45, 7) is 4.18. The number of aromatic nitrogens is 3. The normalized spacial score (nSPS) is 13.8. The van der Waals surface area contributed by atoms with Crippen molar-refractivity contribution in [2.75, 3.05) is 50.8 Å². The number of hydrogen-bond acceptors (Lipinski definition) is 7. The Bertz CT molecular complexity index is 867. The Labute approximate surface area is 172 Å². The number of hydrogen-bond donors (Lipinski definition) is 0. The van der Waals surface area contributed by atoms with Gasteiger partial charge >= 0.3 is 0 Å². The van der Waals surface area contributed by atoms with Crippen LogP contribution in [0.15, 0.2) is 48.5 Å². The molecule has 0 radical (unpaired) electrons. The van der Waals surface area contributed by atoms with Gasteiger partial charge in [-0.1, -0.05) is 6.08 Å². The first-order chi connectivity index (χ1) is 14.2. The van der Waals surface area contributed by atoms with Crippen molar-refractivity contribution in [2.45, 2.75) is 19.8 Å². The van der Waals surface area contributed by atoms with Crippen LogP contribution in [0.5, 0.6) is 0 Å². The molecule has 0 aromatic carbocycles. The summed E-state index contributed by atoms with van der Waals surface area (Å²) in [6.07, 6.45) is 11.2. The number of nitrogens with zero attached hydrogens (tertiary/aromatic N) is 5. The average molecular weight is 396 g/mol. The molecule has 0 fully saturated rings. The van der Waals surface area contributed by atoms with E-state index in [4.69, 9.17) is 19.4 Å². The van der Waals surface area contributed by atoms with Crippen LogP contribution in [0, 0.1) is 0 Å². The van der Waals surface area contributed by atoms with Gasteiger partial charge in [-0.2, -0.15) is 4.98 Å². The maximum Gasteiger partial charge on any atom is 0.227 e. The second kappa shape index (κ2) is 10.0. The van der Waals surface area contributed by atoms with E-state index in [1.807, 2.05) is 43.3 Å². The zero-order chi connectivity index (χ0) is 20.6. The molecule has 154 valence electrons. The van der Waals surface area contributed by atoms with Crippen LogP contribution < -0.4 is 9.80 Å². The number of pyridine rings is 1. The van der Waals surface area contributed by atoms with Crippen LogP contribution in [0.4, 0.5) is 17.5 Å². The molecule has 0 atom stereocenters. The molecule has 0 bridgehead atoms. The maximum atomic E-state index is 5.44. The number of methoxy groups -OCH3 is 2. The summed E-state index contributed by atoms with van der Waals surface area (Å²) in [5.74, 6) is 2.49. The molecule has 7 heteroatoms. The predicted molar refractivity (Wildman–Crippen MR) is 116 cm³/mol. The molecule has 0 N–H and O–H groups in total. The van der Waals surface area contributed by atoms with Crippen LogP contribution >= 0.6 is 0 Å². The van der Waals surface area contributed by atoms with Gasteiger partial charge in [0.1, 0.15) is 11.6 Å². The SMILES string of the molecule is CC=CC(=CCc1nc(N(C)CCOC)nc2c1CCN2c1cccnc1)OC. The first kappa shape index (κ1) is 20.8. The number of ether oxygens (including phenoxy) is 2. The first-order valence-electron chi connectivity index (χ1n) is 9.82. The molecule has 2 aromatic rings. The molecule has 0 spiro atoms. The van der Waals surface area contributed by atoms with E-state index >= 15 is 0 Å². The Morgan fingerprint density at radius 1 is 1.31 bits per heavy atom. The molecule has 0 amide bonds. The molecule has 2 aromatic heterocycles. The van der Waals surface area contributed by atoms with Crippen molar-refractivity contribution in [3.8, 4) is 0 Å². The van der Waals surface area contributed by atoms with E-state index in [2.05, 4.69) is 22.0 Å². The van der Waals surface area contributed by atoms with Crippen LogP contribution in [0.1, 0.15) is 18.2 Å². The highest BCUT2D eigenvalue weighted by molar-refractivity contribution is 5.68.